The zero-order valence-electron chi connectivity index (χ0n) is 39.3. The van der Waals surface area contributed by atoms with Crippen LogP contribution in [0, 0.1) is 11.8 Å². The van der Waals surface area contributed by atoms with Crippen molar-refractivity contribution in [2.75, 3.05) is 66.3 Å². The number of benzene rings is 2. The first-order valence-corrected chi connectivity index (χ1v) is 22.7. The molecule has 2 saturated heterocycles. The van der Waals surface area contributed by atoms with Crippen LogP contribution in [-0.4, -0.2) is 110 Å². The number of aromatic nitrogens is 10. The van der Waals surface area contributed by atoms with Crippen LogP contribution in [0.3, 0.4) is 0 Å². The molecule has 2 unspecified atom stereocenters. The van der Waals surface area contributed by atoms with E-state index < -0.39 is 0 Å². The van der Waals surface area contributed by atoms with E-state index in [1.807, 2.05) is 87.2 Å². The van der Waals surface area contributed by atoms with Crippen LogP contribution in [0.15, 0.2) is 103 Å². The van der Waals surface area contributed by atoms with Gasteiger partial charge in [-0.3, -0.25) is 19.3 Å². The first-order valence-electron chi connectivity index (χ1n) is 22.7. The molecule has 360 valence electrons. The number of nitrogens with zero attached hydrogens (tertiary/aromatic N) is 12. The Balaban J connectivity index is 0.000000183. The number of fused-ring (bicyclic) bond motifs is 2. The minimum absolute atomic E-state index is 0. The third-order valence-corrected chi connectivity index (χ3v) is 12.0. The molecule has 0 amide bonds. The summed E-state index contributed by atoms with van der Waals surface area (Å²) in [6.45, 7) is 4.60. The highest BCUT2D eigenvalue weighted by molar-refractivity contribution is 5.77. The molecule has 0 N–H and O–H groups in total. The van der Waals surface area contributed by atoms with Crippen LogP contribution < -0.4 is 29.3 Å². The monoisotopic (exact) mass is 936 g/mol. The second-order valence-electron chi connectivity index (χ2n) is 16.9. The summed E-state index contributed by atoms with van der Waals surface area (Å²) in [5.41, 5.74) is 8.70. The van der Waals surface area contributed by atoms with Crippen LogP contribution in [0.5, 0.6) is 23.0 Å². The van der Waals surface area contributed by atoms with E-state index in [9.17, 15) is 0 Å². The lowest BCUT2D eigenvalue weighted by molar-refractivity contribution is 0.0483. The Morgan fingerprint density at radius 1 is 0.652 bits per heavy atom. The molecule has 8 heterocycles. The highest BCUT2D eigenvalue weighted by Gasteiger charge is 2.23. The van der Waals surface area contributed by atoms with E-state index in [2.05, 4.69) is 24.6 Å². The van der Waals surface area contributed by atoms with E-state index in [-0.39, 0.29) is 7.43 Å². The van der Waals surface area contributed by atoms with Crippen molar-refractivity contribution in [2.24, 2.45) is 30.9 Å². The van der Waals surface area contributed by atoms with Crippen LogP contribution in [-0.2, 0) is 30.1 Å². The lowest BCUT2D eigenvalue weighted by Gasteiger charge is -2.31. The molecule has 10 rings (SSSR count). The summed E-state index contributed by atoms with van der Waals surface area (Å²) in [4.78, 5) is 31.1. The smallest absolute Gasteiger partial charge is 0.180 e. The third-order valence-electron chi connectivity index (χ3n) is 12.0. The van der Waals surface area contributed by atoms with E-state index in [1.54, 1.807) is 62.6 Å². The molecule has 2 aliphatic heterocycles. The third kappa shape index (κ3) is 11.5. The fourth-order valence-electron chi connectivity index (χ4n) is 8.45. The van der Waals surface area contributed by atoms with Gasteiger partial charge in [-0.05, 0) is 49.9 Å². The number of hydrogen-bond donors (Lipinski definition) is 0. The maximum atomic E-state index is 5.76. The standard InChI is InChI=1S/2C25H28N6O3.CH4/c1-30-15-18(12-27-30)23-13-26-22-6-7-24(29-25(22)28-23)31(14-17-5-4-8-34-16-17)19-9-20(32-2)11-21(10-19)33-3;1-30-15-18(12-27-30)23-13-26-22-6-7-24(28-19-9-20(32-2)11-21(10-19)33-3)31(25(22)29-23)14-17-5-4-8-34-16-17;/h2*6-7,9-13,15,17H,4-5,8,14,16H2,1-3H3;1H4. The lowest BCUT2D eigenvalue weighted by atomic mass is 10.0. The number of ether oxygens (including phenoxy) is 6. The minimum atomic E-state index is 0. The fourth-order valence-corrected chi connectivity index (χ4v) is 8.45. The number of rotatable bonds is 13. The molecule has 0 aliphatic carbocycles. The zero-order valence-corrected chi connectivity index (χ0v) is 39.3. The molecule has 0 saturated carbocycles. The maximum absolute atomic E-state index is 5.76. The van der Waals surface area contributed by atoms with Crippen molar-refractivity contribution in [3.05, 3.63) is 103 Å². The van der Waals surface area contributed by atoms with E-state index in [1.165, 1.54) is 0 Å². The molecule has 18 heteroatoms. The van der Waals surface area contributed by atoms with Gasteiger partial charge in [-0.1, -0.05) is 7.43 Å². The topological polar surface area (TPSA) is 176 Å². The van der Waals surface area contributed by atoms with Gasteiger partial charge in [0.2, 0.25) is 0 Å². The molecule has 2 aromatic carbocycles. The predicted octanol–water partition coefficient (Wildman–Crippen LogP) is 8.15. The predicted molar refractivity (Wildman–Crippen MR) is 264 cm³/mol. The van der Waals surface area contributed by atoms with Crippen molar-refractivity contribution >= 4 is 39.5 Å². The SMILES string of the molecule is C.COc1cc(N=c2ccc3ncc(-c4cnn(C)c4)nc3n2CC2CCCOC2)cc(OC)c1.COc1cc(OC)cc(N(CC2CCCOC2)c2ccc3ncc(-c4cnn(C)c4)nc3n2)c1. The van der Waals surface area contributed by atoms with Crippen molar-refractivity contribution in [1.82, 2.24) is 49.0 Å². The van der Waals surface area contributed by atoms with Gasteiger partial charge in [-0.2, -0.15) is 10.2 Å². The van der Waals surface area contributed by atoms with Crippen molar-refractivity contribution in [1.29, 1.82) is 0 Å². The van der Waals surface area contributed by atoms with Crippen LogP contribution in [0.1, 0.15) is 33.1 Å². The van der Waals surface area contributed by atoms with Crippen molar-refractivity contribution in [3.63, 3.8) is 0 Å². The van der Waals surface area contributed by atoms with Crippen LogP contribution >= 0.6 is 0 Å². The Labute approximate surface area is 401 Å². The Kier molecular flexibility index (Phi) is 15.4. The average Bonchev–Trinajstić information content (AvgIpc) is 4.04. The van der Waals surface area contributed by atoms with Gasteiger partial charge in [0.05, 0.1) is 83.5 Å². The van der Waals surface area contributed by atoms with Crippen molar-refractivity contribution in [3.8, 4) is 45.5 Å². The molecule has 6 aromatic heterocycles. The van der Waals surface area contributed by atoms with Gasteiger partial charge in [0.15, 0.2) is 11.3 Å². The summed E-state index contributed by atoms with van der Waals surface area (Å²) in [5, 5.41) is 8.52. The molecule has 0 bridgehead atoms. The molecular weight excluding hydrogens is 877 g/mol. The van der Waals surface area contributed by atoms with E-state index >= 15 is 0 Å². The molecule has 69 heavy (non-hydrogen) atoms. The first-order chi connectivity index (χ1) is 33.2. The van der Waals surface area contributed by atoms with Gasteiger partial charge in [0.1, 0.15) is 45.3 Å². The summed E-state index contributed by atoms with van der Waals surface area (Å²) >= 11 is 0. The fraction of sp³-hybridized carbons (Fsp3) is 0.373. The van der Waals surface area contributed by atoms with Crippen molar-refractivity contribution < 1.29 is 28.4 Å². The van der Waals surface area contributed by atoms with E-state index in [4.69, 9.17) is 53.3 Å². The first kappa shape index (κ1) is 48.0. The van der Waals surface area contributed by atoms with E-state index in [0.29, 0.717) is 29.0 Å². The Hall–Kier alpha value is -7.44. The molecule has 18 nitrogen and oxygen atoms in total. The number of anilines is 2. The Morgan fingerprint density at radius 2 is 1.22 bits per heavy atom. The second kappa shape index (κ2) is 22.1. The Morgan fingerprint density at radius 3 is 1.78 bits per heavy atom. The molecule has 2 aliphatic rings. The summed E-state index contributed by atoms with van der Waals surface area (Å²) in [6, 6.07) is 19.3. The summed E-state index contributed by atoms with van der Waals surface area (Å²) in [7, 11) is 10.3. The number of aryl methyl sites for hydroxylation is 2. The largest absolute Gasteiger partial charge is 0.497 e. The number of hydrogen-bond acceptors (Lipinski definition) is 15. The molecule has 2 atom stereocenters. The van der Waals surface area contributed by atoms with Gasteiger partial charge in [-0.15, -0.1) is 0 Å². The van der Waals surface area contributed by atoms with Crippen molar-refractivity contribution in [2.45, 2.75) is 39.7 Å². The quantitative estimate of drug-likeness (QED) is 0.108. The Bertz CT molecular complexity index is 3020. The number of pyridine rings is 2. The molecular formula is C51H60N12O6. The highest BCUT2D eigenvalue weighted by Crippen LogP contribution is 2.35. The average molecular weight is 937 g/mol. The minimum Gasteiger partial charge on any atom is -0.497 e. The maximum Gasteiger partial charge on any atom is 0.180 e. The summed E-state index contributed by atoms with van der Waals surface area (Å²) in [6.07, 6.45) is 15.3. The molecule has 2 fully saturated rings. The van der Waals surface area contributed by atoms with Gasteiger partial charge < -0.3 is 37.9 Å². The lowest BCUT2D eigenvalue weighted by Crippen LogP contribution is -2.31. The molecule has 8 aromatic rings. The molecule has 0 spiro atoms. The van der Waals surface area contributed by atoms with Crippen LogP contribution in [0.25, 0.3) is 44.8 Å². The highest BCUT2D eigenvalue weighted by atomic mass is 16.5. The zero-order chi connectivity index (χ0) is 47.0. The van der Waals surface area contributed by atoms with Gasteiger partial charge in [0, 0.05) is 118 Å². The van der Waals surface area contributed by atoms with Gasteiger partial charge >= 0.3 is 0 Å². The van der Waals surface area contributed by atoms with E-state index in [0.717, 1.165) is 139 Å². The normalized spacial score (nSPS) is 16.1. The van der Waals surface area contributed by atoms with Gasteiger partial charge in [-0.25, -0.2) is 19.9 Å². The molecule has 0 radical (unpaired) electrons. The van der Waals surface area contributed by atoms with Gasteiger partial charge in [0.25, 0.3) is 0 Å². The summed E-state index contributed by atoms with van der Waals surface area (Å²) in [5.74, 6) is 4.36. The van der Waals surface area contributed by atoms with Crippen LogP contribution in [0.4, 0.5) is 17.2 Å². The van der Waals surface area contributed by atoms with Crippen LogP contribution in [0.2, 0.25) is 0 Å². The second-order valence-corrected chi connectivity index (χ2v) is 16.9. The summed E-state index contributed by atoms with van der Waals surface area (Å²) < 4.78 is 39.1. The number of methoxy groups -OCH3 is 4.